The van der Waals surface area contributed by atoms with Crippen LogP contribution in [-0.4, -0.2) is 6.21 Å². The number of fused-ring (bicyclic) bond motifs is 1. The molecule has 0 aromatic rings. The van der Waals surface area contributed by atoms with E-state index in [4.69, 9.17) is 0 Å². The molecule has 0 bridgehead atoms. The van der Waals surface area contributed by atoms with Crippen molar-refractivity contribution < 1.29 is 0 Å². The molecule has 12 heavy (non-hydrogen) atoms. The third-order valence-corrected chi connectivity index (χ3v) is 2.38. The van der Waals surface area contributed by atoms with Crippen molar-refractivity contribution in [1.29, 1.82) is 0 Å². The Morgan fingerprint density at radius 2 is 2.25 bits per heavy atom. The van der Waals surface area contributed by atoms with E-state index in [1.165, 1.54) is 5.57 Å². The van der Waals surface area contributed by atoms with Crippen molar-refractivity contribution in [2.45, 2.75) is 13.8 Å². The molecule has 0 N–H and O–H groups in total. The molecule has 1 nitrogen and oxygen atoms in total. The van der Waals surface area contributed by atoms with Crippen LogP contribution in [0.25, 0.3) is 0 Å². The van der Waals surface area contributed by atoms with Crippen molar-refractivity contribution in [2.75, 3.05) is 0 Å². The van der Waals surface area contributed by atoms with E-state index in [1.54, 1.807) is 0 Å². The van der Waals surface area contributed by atoms with Gasteiger partial charge in [-0.1, -0.05) is 32.1 Å². The smallest absolute Gasteiger partial charge is 0.0668 e. The standard InChI is InChI=1S/C11H13N/c1-8(2)10-4-3-9-5-6-12-11(9)7-10/h3-8,10H,1-2H3. The highest BCUT2D eigenvalue weighted by molar-refractivity contribution is 5.81. The molecular formula is C11H13N. The lowest BCUT2D eigenvalue weighted by Gasteiger charge is -2.17. The number of nitrogens with zero attached hydrogens (tertiary/aromatic N) is 1. The van der Waals surface area contributed by atoms with Gasteiger partial charge in [-0.05, 0) is 17.9 Å². The van der Waals surface area contributed by atoms with Crippen LogP contribution < -0.4 is 0 Å². The predicted octanol–water partition coefficient (Wildman–Crippen LogP) is 2.72. The fourth-order valence-electron chi connectivity index (χ4n) is 1.51. The zero-order valence-corrected chi connectivity index (χ0v) is 7.49. The highest BCUT2D eigenvalue weighted by Gasteiger charge is 2.15. The summed E-state index contributed by atoms with van der Waals surface area (Å²) in [5.41, 5.74) is 2.41. The van der Waals surface area contributed by atoms with Gasteiger partial charge in [-0.2, -0.15) is 0 Å². The highest BCUT2D eigenvalue weighted by Crippen LogP contribution is 2.28. The normalized spacial score (nSPS) is 25.8. The zero-order valence-electron chi connectivity index (χ0n) is 7.49. The van der Waals surface area contributed by atoms with Gasteiger partial charge in [0.1, 0.15) is 0 Å². The van der Waals surface area contributed by atoms with E-state index in [2.05, 4.69) is 43.1 Å². The Balaban J connectivity index is 2.27. The minimum Gasteiger partial charge on any atom is -0.257 e. The minimum absolute atomic E-state index is 0.562. The molecule has 0 aromatic carbocycles. The molecule has 1 heteroatoms. The number of aliphatic imine (C=N–C) groups is 1. The van der Waals surface area contributed by atoms with E-state index in [1.807, 2.05) is 6.21 Å². The van der Waals surface area contributed by atoms with Crippen molar-refractivity contribution in [2.24, 2.45) is 16.8 Å². The molecule has 1 aliphatic heterocycles. The predicted molar refractivity (Wildman–Crippen MR) is 52.1 cm³/mol. The SMILES string of the molecule is CC(C)C1C=CC2=CC=NC2=C1. The monoisotopic (exact) mass is 159 g/mol. The molecular weight excluding hydrogens is 146 g/mol. The third kappa shape index (κ3) is 1.15. The van der Waals surface area contributed by atoms with Crippen molar-refractivity contribution in [3.05, 3.63) is 35.6 Å². The highest BCUT2D eigenvalue weighted by atomic mass is 14.8. The minimum atomic E-state index is 0.562. The molecule has 0 fully saturated rings. The maximum absolute atomic E-state index is 4.28. The Hall–Kier alpha value is -1.11. The number of hydrogen-bond donors (Lipinski definition) is 0. The lowest BCUT2D eigenvalue weighted by atomic mass is 9.89. The van der Waals surface area contributed by atoms with E-state index < -0.39 is 0 Å². The Bertz CT molecular complexity index is 303. The Labute approximate surface area is 73.2 Å². The largest absolute Gasteiger partial charge is 0.257 e. The first-order valence-corrected chi connectivity index (χ1v) is 4.42. The summed E-state index contributed by atoms with van der Waals surface area (Å²) in [7, 11) is 0. The van der Waals surface area contributed by atoms with Gasteiger partial charge in [0.15, 0.2) is 0 Å². The number of hydrogen-bond acceptors (Lipinski definition) is 1. The molecule has 2 rings (SSSR count). The van der Waals surface area contributed by atoms with Crippen LogP contribution in [0.5, 0.6) is 0 Å². The second-order valence-corrected chi connectivity index (χ2v) is 3.63. The van der Waals surface area contributed by atoms with E-state index in [-0.39, 0.29) is 0 Å². The first kappa shape index (κ1) is 7.53. The molecule has 1 unspecified atom stereocenters. The Morgan fingerprint density at radius 1 is 1.42 bits per heavy atom. The van der Waals surface area contributed by atoms with Gasteiger partial charge in [-0.25, -0.2) is 0 Å². The van der Waals surface area contributed by atoms with Crippen LogP contribution in [0.4, 0.5) is 0 Å². The average Bonchev–Trinajstić information content (AvgIpc) is 2.49. The first-order valence-electron chi connectivity index (χ1n) is 4.42. The zero-order chi connectivity index (χ0) is 8.55. The van der Waals surface area contributed by atoms with Gasteiger partial charge in [0, 0.05) is 11.8 Å². The summed E-state index contributed by atoms with van der Waals surface area (Å²) >= 11 is 0. The topological polar surface area (TPSA) is 12.4 Å². The Kier molecular flexibility index (Phi) is 1.72. The molecule has 0 spiro atoms. The molecule has 0 amide bonds. The third-order valence-electron chi connectivity index (χ3n) is 2.38. The van der Waals surface area contributed by atoms with Gasteiger partial charge in [0.25, 0.3) is 0 Å². The molecule has 0 radical (unpaired) electrons. The van der Waals surface area contributed by atoms with E-state index in [0.29, 0.717) is 11.8 Å². The summed E-state index contributed by atoms with van der Waals surface area (Å²) in [5.74, 6) is 1.23. The van der Waals surface area contributed by atoms with Gasteiger partial charge in [-0.15, -0.1) is 0 Å². The van der Waals surface area contributed by atoms with Crippen molar-refractivity contribution in [1.82, 2.24) is 0 Å². The van der Waals surface area contributed by atoms with E-state index >= 15 is 0 Å². The van der Waals surface area contributed by atoms with Gasteiger partial charge >= 0.3 is 0 Å². The molecule has 0 saturated carbocycles. The average molecular weight is 159 g/mol. The summed E-state index contributed by atoms with van der Waals surface area (Å²) < 4.78 is 0. The summed E-state index contributed by atoms with van der Waals surface area (Å²) in [6.07, 6.45) is 10.6. The molecule has 1 aliphatic carbocycles. The van der Waals surface area contributed by atoms with Crippen LogP contribution in [0.1, 0.15) is 13.8 Å². The summed E-state index contributed by atoms with van der Waals surface area (Å²) in [4.78, 5) is 4.28. The van der Waals surface area contributed by atoms with Crippen LogP contribution in [0.15, 0.2) is 40.6 Å². The molecule has 1 atom stereocenters. The second-order valence-electron chi connectivity index (χ2n) is 3.63. The van der Waals surface area contributed by atoms with Crippen LogP contribution in [0.3, 0.4) is 0 Å². The van der Waals surface area contributed by atoms with Gasteiger partial charge < -0.3 is 0 Å². The molecule has 62 valence electrons. The maximum atomic E-state index is 4.28. The van der Waals surface area contributed by atoms with Gasteiger partial charge in [0.05, 0.1) is 5.70 Å². The lowest BCUT2D eigenvalue weighted by Crippen LogP contribution is -2.06. The fourth-order valence-corrected chi connectivity index (χ4v) is 1.51. The quantitative estimate of drug-likeness (QED) is 0.558. The second kappa shape index (κ2) is 2.74. The molecule has 2 aliphatic rings. The number of rotatable bonds is 1. The maximum Gasteiger partial charge on any atom is 0.0668 e. The van der Waals surface area contributed by atoms with Crippen molar-refractivity contribution in [3.63, 3.8) is 0 Å². The van der Waals surface area contributed by atoms with E-state index in [0.717, 1.165) is 5.70 Å². The summed E-state index contributed by atoms with van der Waals surface area (Å²) in [6, 6.07) is 0. The van der Waals surface area contributed by atoms with Crippen LogP contribution in [0, 0.1) is 11.8 Å². The van der Waals surface area contributed by atoms with Gasteiger partial charge in [-0.3, -0.25) is 4.99 Å². The van der Waals surface area contributed by atoms with Crippen molar-refractivity contribution >= 4 is 6.21 Å². The summed E-state index contributed by atoms with van der Waals surface area (Å²) in [5, 5.41) is 0. The van der Waals surface area contributed by atoms with E-state index in [9.17, 15) is 0 Å². The molecule has 0 saturated heterocycles. The Morgan fingerprint density at radius 3 is 3.00 bits per heavy atom. The van der Waals surface area contributed by atoms with Crippen LogP contribution >= 0.6 is 0 Å². The fraction of sp³-hybridized carbons (Fsp3) is 0.364. The van der Waals surface area contributed by atoms with Crippen LogP contribution in [0.2, 0.25) is 0 Å². The number of allylic oxidation sites excluding steroid dienone is 4. The van der Waals surface area contributed by atoms with Gasteiger partial charge in [0.2, 0.25) is 0 Å². The lowest BCUT2D eigenvalue weighted by molar-refractivity contribution is 0.545. The van der Waals surface area contributed by atoms with Crippen molar-refractivity contribution in [3.8, 4) is 0 Å². The summed E-state index contributed by atoms with van der Waals surface area (Å²) in [6.45, 7) is 4.47. The molecule has 0 aromatic heterocycles. The van der Waals surface area contributed by atoms with Crippen LogP contribution in [-0.2, 0) is 0 Å². The molecule has 1 heterocycles. The first-order chi connectivity index (χ1) is 5.77.